The van der Waals surface area contributed by atoms with E-state index in [9.17, 15) is 15.3 Å². The Bertz CT molecular complexity index is 1710. The first-order valence-corrected chi connectivity index (χ1v) is 14.8. The summed E-state index contributed by atoms with van der Waals surface area (Å²) >= 11 is 0. The van der Waals surface area contributed by atoms with Crippen LogP contribution in [0, 0.1) is 0 Å². The molecule has 0 bridgehead atoms. The van der Waals surface area contributed by atoms with Crippen LogP contribution >= 0.6 is 0 Å². The summed E-state index contributed by atoms with van der Waals surface area (Å²) in [6.45, 7) is 0.493. The molecule has 4 aromatic rings. The van der Waals surface area contributed by atoms with Gasteiger partial charge in [-0.05, 0) is 42.0 Å². The van der Waals surface area contributed by atoms with Crippen molar-refractivity contribution in [2.75, 3.05) is 27.9 Å². The maximum Gasteiger partial charge on any atom is 0.203 e. The van der Waals surface area contributed by atoms with E-state index in [1.807, 2.05) is 48.7 Å². The van der Waals surface area contributed by atoms with Crippen molar-refractivity contribution in [2.24, 2.45) is 5.16 Å². The Hall–Kier alpha value is -4.63. The van der Waals surface area contributed by atoms with Crippen LogP contribution in [0.3, 0.4) is 0 Å². The van der Waals surface area contributed by atoms with E-state index >= 15 is 0 Å². The van der Waals surface area contributed by atoms with Gasteiger partial charge in [-0.15, -0.1) is 5.10 Å². The number of methoxy groups -OCH3 is 3. The number of aromatic nitrogens is 4. The topological polar surface area (TPSA) is 164 Å². The van der Waals surface area contributed by atoms with Crippen molar-refractivity contribution in [1.29, 1.82) is 0 Å². The van der Waals surface area contributed by atoms with E-state index in [1.54, 1.807) is 27.5 Å². The number of rotatable bonds is 9. The van der Waals surface area contributed by atoms with Crippen LogP contribution in [0.15, 0.2) is 66.1 Å². The highest BCUT2D eigenvalue weighted by Crippen LogP contribution is 2.50. The van der Waals surface area contributed by atoms with Crippen molar-refractivity contribution in [2.45, 2.75) is 55.6 Å². The lowest BCUT2D eigenvalue weighted by atomic mass is 9.76. The Morgan fingerprint density at radius 3 is 2.48 bits per heavy atom. The molecule has 3 N–H and O–H groups in total. The Morgan fingerprint density at radius 2 is 1.74 bits per heavy atom. The second-order valence-corrected chi connectivity index (χ2v) is 11.6. The smallest absolute Gasteiger partial charge is 0.203 e. The molecule has 14 nitrogen and oxygen atoms in total. The Labute approximate surface area is 264 Å². The van der Waals surface area contributed by atoms with E-state index in [4.69, 9.17) is 33.7 Å². The Balaban J connectivity index is 1.20. The van der Waals surface area contributed by atoms with Crippen LogP contribution in [0.25, 0.3) is 0 Å². The van der Waals surface area contributed by atoms with Crippen molar-refractivity contribution in [3.8, 4) is 23.0 Å². The average molecular weight is 634 g/mol. The summed E-state index contributed by atoms with van der Waals surface area (Å²) in [6.07, 6.45) is -0.680. The zero-order chi connectivity index (χ0) is 32.0. The van der Waals surface area contributed by atoms with Gasteiger partial charge in [0, 0.05) is 23.9 Å². The predicted molar refractivity (Wildman–Crippen MR) is 161 cm³/mol. The fourth-order valence-corrected chi connectivity index (χ4v) is 6.58. The molecule has 14 heteroatoms. The van der Waals surface area contributed by atoms with Crippen LogP contribution in [0.5, 0.6) is 23.0 Å². The number of aliphatic hydroxyl groups is 3. The zero-order valence-corrected chi connectivity index (χ0v) is 25.5. The number of nitrogens with zero attached hydrogens (tertiary/aromatic N) is 5. The van der Waals surface area contributed by atoms with E-state index in [-0.39, 0.29) is 19.1 Å². The molecule has 1 saturated heterocycles. The molecule has 7 rings (SSSR count). The summed E-state index contributed by atoms with van der Waals surface area (Å²) in [5.74, 6) is 1.76. The minimum absolute atomic E-state index is 0.0462. The molecular weight excluding hydrogens is 598 g/mol. The van der Waals surface area contributed by atoms with Gasteiger partial charge in [-0.1, -0.05) is 22.5 Å². The summed E-state index contributed by atoms with van der Waals surface area (Å²) in [4.78, 5) is 6.39. The monoisotopic (exact) mass is 633 g/mol. The van der Waals surface area contributed by atoms with Crippen molar-refractivity contribution >= 4 is 5.71 Å². The summed E-state index contributed by atoms with van der Waals surface area (Å²) in [5, 5.41) is 43.1. The molecule has 2 unspecified atom stereocenters. The van der Waals surface area contributed by atoms with E-state index in [0.717, 1.165) is 16.8 Å². The second kappa shape index (κ2) is 11.9. The van der Waals surface area contributed by atoms with Gasteiger partial charge >= 0.3 is 0 Å². The minimum atomic E-state index is -1.38. The number of fused-ring (bicyclic) bond motifs is 1. The van der Waals surface area contributed by atoms with Gasteiger partial charge in [0.25, 0.3) is 0 Å². The second-order valence-electron chi connectivity index (χ2n) is 11.6. The molecule has 2 aromatic heterocycles. The first-order chi connectivity index (χ1) is 22.4. The van der Waals surface area contributed by atoms with Crippen LogP contribution in [0.1, 0.15) is 34.7 Å². The van der Waals surface area contributed by atoms with Crippen LogP contribution in [-0.4, -0.2) is 92.4 Å². The molecule has 242 valence electrons. The molecule has 3 aliphatic rings. The number of para-hydroxylation sites is 1. The lowest BCUT2D eigenvalue weighted by molar-refractivity contribution is -0.214. The maximum atomic E-state index is 10.4. The van der Waals surface area contributed by atoms with Gasteiger partial charge in [0.15, 0.2) is 23.3 Å². The lowest BCUT2D eigenvalue weighted by Crippen LogP contribution is -2.50. The largest absolute Gasteiger partial charge is 0.493 e. The SMILES string of the molecule is COc1cc(C2C(c3ccccc3OCc3cn([C@H]4OC[C@H](O)[C@H](O)[C@H]4O)nn3)=NOC23Cc2cccn2C3)cc(OC)c1OC. The number of benzene rings is 2. The maximum absolute atomic E-state index is 10.4. The van der Waals surface area contributed by atoms with Crippen LogP contribution in [0.4, 0.5) is 0 Å². The highest BCUT2D eigenvalue weighted by atomic mass is 16.7. The van der Waals surface area contributed by atoms with Gasteiger partial charge in [-0.3, -0.25) is 0 Å². The Morgan fingerprint density at radius 1 is 0.957 bits per heavy atom. The third kappa shape index (κ3) is 5.03. The fourth-order valence-electron chi connectivity index (χ4n) is 6.58. The van der Waals surface area contributed by atoms with Crippen LogP contribution < -0.4 is 18.9 Å². The Kier molecular flexibility index (Phi) is 7.80. The van der Waals surface area contributed by atoms with Gasteiger partial charge < -0.3 is 48.4 Å². The predicted octanol–water partition coefficient (Wildman–Crippen LogP) is 1.81. The van der Waals surface area contributed by atoms with Crippen molar-refractivity contribution in [3.05, 3.63) is 83.4 Å². The molecule has 46 heavy (non-hydrogen) atoms. The number of ether oxygens (including phenoxy) is 5. The third-order valence-corrected chi connectivity index (χ3v) is 8.82. The van der Waals surface area contributed by atoms with E-state index in [0.29, 0.717) is 47.4 Å². The molecular formula is C32H35N5O9. The number of hydrogen-bond donors (Lipinski definition) is 3. The quantitative estimate of drug-likeness (QED) is 0.246. The number of hydrogen-bond acceptors (Lipinski definition) is 12. The highest BCUT2D eigenvalue weighted by molar-refractivity contribution is 6.08. The standard InChI is InChI=1S/C32H35N5O9/c1-41-24-11-18(12-25(42-2)30(24)43-3)26-27(34-46-32(26)13-20-7-6-10-36(20)17-32)21-8-4-5-9-23(21)44-15-19-14-37(35-33-19)31-29(40)28(39)22(38)16-45-31/h4-12,14,22,26,28-29,31,38-40H,13,15-17H2,1-3H3/t22-,26?,28-,29+,31-,32?/m0/s1. The summed E-state index contributed by atoms with van der Waals surface area (Å²) in [7, 11) is 4.75. The third-order valence-electron chi connectivity index (χ3n) is 8.82. The molecule has 1 fully saturated rings. The van der Waals surface area contributed by atoms with E-state index in [1.165, 1.54) is 4.68 Å². The molecule has 6 atom stereocenters. The summed E-state index contributed by atoms with van der Waals surface area (Å²) in [5.41, 5.74) is 3.22. The van der Waals surface area contributed by atoms with Gasteiger partial charge in [0.05, 0.1) is 46.6 Å². The highest BCUT2D eigenvalue weighted by Gasteiger charge is 2.54. The van der Waals surface area contributed by atoms with Crippen molar-refractivity contribution < 1.29 is 43.8 Å². The molecule has 0 saturated carbocycles. The van der Waals surface area contributed by atoms with Crippen LogP contribution in [0.2, 0.25) is 0 Å². The van der Waals surface area contributed by atoms with Gasteiger partial charge in [0.1, 0.15) is 42.1 Å². The van der Waals surface area contributed by atoms with Crippen molar-refractivity contribution in [3.63, 3.8) is 0 Å². The molecule has 0 aliphatic carbocycles. The lowest BCUT2D eigenvalue weighted by Gasteiger charge is -2.34. The molecule has 5 heterocycles. The molecule has 1 spiro atoms. The van der Waals surface area contributed by atoms with Gasteiger partial charge in [-0.2, -0.15) is 0 Å². The van der Waals surface area contributed by atoms with Crippen molar-refractivity contribution in [1.82, 2.24) is 19.6 Å². The molecule has 2 aromatic carbocycles. The summed E-state index contributed by atoms with van der Waals surface area (Å²) < 4.78 is 32.3. The first-order valence-electron chi connectivity index (χ1n) is 14.8. The average Bonchev–Trinajstić information content (AvgIpc) is 3.87. The van der Waals surface area contributed by atoms with Gasteiger partial charge in [0.2, 0.25) is 5.75 Å². The number of oxime groups is 1. The molecule has 0 amide bonds. The molecule has 3 aliphatic heterocycles. The van der Waals surface area contributed by atoms with Crippen LogP contribution in [-0.2, 0) is 29.1 Å². The first kappa shape index (κ1) is 30.0. The van der Waals surface area contributed by atoms with Gasteiger partial charge in [-0.25, -0.2) is 4.68 Å². The number of aliphatic hydroxyl groups excluding tert-OH is 3. The summed E-state index contributed by atoms with van der Waals surface area (Å²) in [6, 6.07) is 15.6. The normalized spacial score (nSPS) is 26.8. The zero-order valence-electron chi connectivity index (χ0n) is 25.5. The van der Waals surface area contributed by atoms with E-state index < -0.39 is 30.1 Å². The minimum Gasteiger partial charge on any atom is -0.493 e. The van der Waals surface area contributed by atoms with E-state index in [2.05, 4.69) is 20.9 Å². The molecule has 0 radical (unpaired) electrons. The fraction of sp³-hybridized carbons (Fsp3) is 0.406.